The average Bonchev–Trinajstić information content (AvgIpc) is 2.93. The van der Waals surface area contributed by atoms with E-state index in [1.54, 1.807) is 0 Å². The number of rotatable bonds is 11. The third kappa shape index (κ3) is 7.48. The van der Waals surface area contributed by atoms with Crippen molar-refractivity contribution in [3.63, 3.8) is 0 Å². The lowest BCUT2D eigenvalue weighted by Gasteiger charge is -2.48. The molecule has 0 radical (unpaired) electrons. The molecule has 1 saturated heterocycles. The van der Waals surface area contributed by atoms with Gasteiger partial charge in [-0.05, 0) is 96.1 Å². The first kappa shape index (κ1) is 29.6. The second-order valence-electron chi connectivity index (χ2n) is 12.5. The highest BCUT2D eigenvalue weighted by Gasteiger charge is 2.47. The van der Waals surface area contributed by atoms with Crippen LogP contribution in [-0.4, -0.2) is 48.7 Å². The maximum Gasteiger partial charge on any atom is 0.126 e. The molecule has 5 nitrogen and oxygen atoms in total. The van der Waals surface area contributed by atoms with Gasteiger partial charge < -0.3 is 19.1 Å². The van der Waals surface area contributed by atoms with Gasteiger partial charge in [0.05, 0.1) is 12.2 Å². The zero-order chi connectivity index (χ0) is 29.0. The second kappa shape index (κ2) is 12.9. The van der Waals surface area contributed by atoms with Crippen LogP contribution in [0.15, 0.2) is 66.7 Å². The largest absolute Gasteiger partial charge is 0.489 e. The van der Waals surface area contributed by atoms with E-state index in [0.29, 0.717) is 19.1 Å². The Hall–Kier alpha value is -2.93. The summed E-state index contributed by atoms with van der Waals surface area (Å²) >= 11 is 0. The molecule has 0 bridgehead atoms. The number of benzene rings is 3. The molecule has 6 heteroatoms. The lowest BCUT2D eigenvalue weighted by molar-refractivity contribution is -0.144. The summed E-state index contributed by atoms with van der Waals surface area (Å²) in [5, 5.41) is 0. The molecule has 3 aromatic rings. The molecule has 0 aromatic heterocycles. The van der Waals surface area contributed by atoms with Gasteiger partial charge in [-0.15, -0.1) is 0 Å². The third-order valence-corrected chi connectivity index (χ3v) is 8.42. The Balaban J connectivity index is 1.48. The Morgan fingerprint density at radius 2 is 1.68 bits per heavy atom. The SMILES string of the molecule is C[C@H]1CC[C@H]2[C@H](O1)c1cc(OCc3ccccc3)c(CN(CCCN(C)C)Cc3ccc(F)cc3)cc1OC2(C)C. The van der Waals surface area contributed by atoms with Crippen molar-refractivity contribution in [2.45, 2.75) is 77.5 Å². The quantitative estimate of drug-likeness (QED) is 0.244. The molecule has 0 N–H and O–H groups in total. The van der Waals surface area contributed by atoms with E-state index in [2.05, 4.69) is 68.9 Å². The molecule has 0 amide bonds. The van der Waals surface area contributed by atoms with E-state index in [1.165, 1.54) is 12.1 Å². The minimum Gasteiger partial charge on any atom is -0.489 e. The second-order valence-corrected chi connectivity index (χ2v) is 12.5. The monoisotopic (exact) mass is 560 g/mol. The maximum absolute atomic E-state index is 13.6. The smallest absolute Gasteiger partial charge is 0.126 e. The molecular formula is C35H45FN2O3. The molecule has 2 aliphatic heterocycles. The average molecular weight is 561 g/mol. The number of nitrogens with zero attached hydrogens (tertiary/aromatic N) is 2. The van der Waals surface area contributed by atoms with Gasteiger partial charge in [0.1, 0.15) is 29.5 Å². The van der Waals surface area contributed by atoms with Gasteiger partial charge in [-0.3, -0.25) is 4.90 Å². The van der Waals surface area contributed by atoms with Crippen molar-refractivity contribution in [2.24, 2.45) is 5.92 Å². The molecule has 0 saturated carbocycles. The van der Waals surface area contributed by atoms with E-state index in [0.717, 1.165) is 72.6 Å². The summed E-state index contributed by atoms with van der Waals surface area (Å²) in [6, 6.07) is 21.5. The molecule has 220 valence electrons. The van der Waals surface area contributed by atoms with Gasteiger partial charge in [-0.25, -0.2) is 4.39 Å². The van der Waals surface area contributed by atoms with Crippen LogP contribution in [-0.2, 0) is 24.4 Å². The van der Waals surface area contributed by atoms with Crippen LogP contribution >= 0.6 is 0 Å². The predicted molar refractivity (Wildman–Crippen MR) is 162 cm³/mol. The Bertz CT molecular complexity index is 1280. The number of ether oxygens (including phenoxy) is 3. The Kier molecular flexibility index (Phi) is 9.32. The summed E-state index contributed by atoms with van der Waals surface area (Å²) in [5.74, 6) is 1.84. The Morgan fingerprint density at radius 1 is 0.927 bits per heavy atom. The van der Waals surface area contributed by atoms with Crippen molar-refractivity contribution in [2.75, 3.05) is 27.2 Å². The fourth-order valence-electron chi connectivity index (χ4n) is 6.18. The third-order valence-electron chi connectivity index (χ3n) is 8.42. The van der Waals surface area contributed by atoms with Gasteiger partial charge in [-0.1, -0.05) is 42.5 Å². The van der Waals surface area contributed by atoms with Crippen LogP contribution in [0.1, 0.15) is 68.4 Å². The zero-order valence-electron chi connectivity index (χ0n) is 25.2. The van der Waals surface area contributed by atoms with Crippen LogP contribution in [0, 0.1) is 11.7 Å². The summed E-state index contributed by atoms with van der Waals surface area (Å²) in [6.07, 6.45) is 3.36. The number of fused-ring (bicyclic) bond motifs is 3. The molecule has 41 heavy (non-hydrogen) atoms. The standard InChI is InChI=1S/C35H45FN2O3/c1-25-12-17-31-34(40-25)30-21-32(39-24-27-10-7-6-8-11-27)28(20-33(30)41-35(31,2)3)23-38(19-9-18-37(4)5)22-26-13-15-29(36)16-14-26/h6-8,10-11,13-16,20-21,25,31,34H,9,12,17-19,22-24H2,1-5H3/t25-,31-,34+/m0/s1. The molecule has 3 atom stereocenters. The van der Waals surface area contributed by atoms with Crippen LogP contribution in [0.25, 0.3) is 0 Å². The predicted octanol–water partition coefficient (Wildman–Crippen LogP) is 7.39. The van der Waals surface area contributed by atoms with Gasteiger partial charge in [0, 0.05) is 36.7 Å². The number of halogens is 1. The number of hydrogen-bond donors (Lipinski definition) is 0. The van der Waals surface area contributed by atoms with E-state index < -0.39 is 0 Å². The fraction of sp³-hybridized carbons (Fsp3) is 0.486. The minimum atomic E-state index is -0.318. The highest BCUT2D eigenvalue weighted by molar-refractivity contribution is 5.50. The first-order valence-corrected chi connectivity index (χ1v) is 15.0. The Labute approximate surface area is 245 Å². The van der Waals surface area contributed by atoms with Gasteiger partial charge >= 0.3 is 0 Å². The summed E-state index contributed by atoms with van der Waals surface area (Å²) in [5.41, 5.74) is 4.07. The normalized spacial score (nSPS) is 21.3. The van der Waals surface area contributed by atoms with Gasteiger partial charge in [0.25, 0.3) is 0 Å². The first-order valence-electron chi connectivity index (χ1n) is 15.0. The van der Waals surface area contributed by atoms with Crippen molar-refractivity contribution in [1.82, 2.24) is 9.80 Å². The zero-order valence-corrected chi connectivity index (χ0v) is 25.2. The maximum atomic E-state index is 13.6. The van der Waals surface area contributed by atoms with E-state index in [-0.39, 0.29) is 23.6 Å². The van der Waals surface area contributed by atoms with Crippen molar-refractivity contribution in [3.8, 4) is 11.5 Å². The van der Waals surface area contributed by atoms with Crippen LogP contribution < -0.4 is 9.47 Å². The summed E-state index contributed by atoms with van der Waals surface area (Å²) in [6.45, 7) is 10.4. The summed E-state index contributed by atoms with van der Waals surface area (Å²) in [4.78, 5) is 4.63. The van der Waals surface area contributed by atoms with E-state index in [1.807, 2.05) is 30.3 Å². The summed E-state index contributed by atoms with van der Waals surface area (Å²) < 4.78 is 33.5. The fourth-order valence-corrected chi connectivity index (χ4v) is 6.18. The van der Waals surface area contributed by atoms with Crippen LogP contribution in [0.4, 0.5) is 4.39 Å². The van der Waals surface area contributed by atoms with Gasteiger partial charge in [0.15, 0.2) is 0 Å². The number of hydrogen-bond acceptors (Lipinski definition) is 5. The minimum absolute atomic E-state index is 0.0129. The van der Waals surface area contributed by atoms with Crippen molar-refractivity contribution in [1.29, 1.82) is 0 Å². The lowest BCUT2D eigenvalue weighted by Crippen LogP contribution is -2.48. The summed E-state index contributed by atoms with van der Waals surface area (Å²) in [7, 11) is 4.20. The van der Waals surface area contributed by atoms with Gasteiger partial charge in [0.2, 0.25) is 0 Å². The molecule has 0 unspecified atom stereocenters. The van der Waals surface area contributed by atoms with Gasteiger partial charge in [-0.2, -0.15) is 0 Å². The molecule has 2 heterocycles. The Morgan fingerprint density at radius 3 is 2.41 bits per heavy atom. The van der Waals surface area contributed by atoms with Crippen LogP contribution in [0.2, 0.25) is 0 Å². The highest BCUT2D eigenvalue weighted by atomic mass is 19.1. The molecule has 0 aliphatic carbocycles. The van der Waals surface area contributed by atoms with Crippen LogP contribution in [0.3, 0.4) is 0 Å². The molecule has 5 rings (SSSR count). The lowest BCUT2D eigenvalue weighted by atomic mass is 9.75. The van der Waals surface area contributed by atoms with Crippen molar-refractivity contribution >= 4 is 0 Å². The van der Waals surface area contributed by atoms with E-state index >= 15 is 0 Å². The highest BCUT2D eigenvalue weighted by Crippen LogP contribution is 2.52. The van der Waals surface area contributed by atoms with Crippen molar-refractivity contribution < 1.29 is 18.6 Å². The molecule has 3 aromatic carbocycles. The molecule has 1 fully saturated rings. The van der Waals surface area contributed by atoms with E-state index in [4.69, 9.17) is 14.2 Å². The van der Waals surface area contributed by atoms with E-state index in [9.17, 15) is 4.39 Å². The first-order chi connectivity index (χ1) is 19.7. The van der Waals surface area contributed by atoms with Crippen molar-refractivity contribution in [3.05, 3.63) is 94.8 Å². The molecular weight excluding hydrogens is 515 g/mol. The molecule has 2 aliphatic rings. The van der Waals surface area contributed by atoms with Crippen LogP contribution in [0.5, 0.6) is 11.5 Å². The molecule has 0 spiro atoms. The topological polar surface area (TPSA) is 34.2 Å².